The Hall–Kier alpha value is -1.55. The molecule has 0 atom stereocenters. The lowest BCUT2D eigenvalue weighted by atomic mass is 10.1. The van der Waals surface area contributed by atoms with Crippen LogP contribution in [0.25, 0.3) is 0 Å². The van der Waals surface area contributed by atoms with Gasteiger partial charge in [-0.25, -0.2) is 10.2 Å². The number of hydrogen-bond acceptors (Lipinski definition) is 3. The molecule has 0 heterocycles. The molecule has 5 heteroatoms. The Bertz CT molecular complexity index is 401. The molecule has 0 fully saturated rings. The number of nitrogens with one attached hydrogen (secondary N) is 1. The van der Waals surface area contributed by atoms with Crippen molar-refractivity contribution in [2.75, 3.05) is 6.61 Å². The second kappa shape index (κ2) is 6.91. The summed E-state index contributed by atoms with van der Waals surface area (Å²) in [5, 5.41) is 4.68. The fraction of sp³-hybridized carbons (Fsp3) is 0.333. The van der Waals surface area contributed by atoms with E-state index < -0.39 is 6.09 Å². The molecule has 17 heavy (non-hydrogen) atoms. The van der Waals surface area contributed by atoms with Gasteiger partial charge in [-0.2, -0.15) is 5.10 Å². The molecule has 0 aliphatic carbocycles. The number of amides is 1. The predicted octanol–water partition coefficient (Wildman–Crippen LogP) is 3.20. The van der Waals surface area contributed by atoms with Crippen molar-refractivity contribution in [2.45, 2.75) is 20.3 Å². The van der Waals surface area contributed by atoms with Gasteiger partial charge in [-0.05, 0) is 31.0 Å². The highest BCUT2D eigenvalue weighted by atomic mass is 35.5. The number of benzene rings is 1. The van der Waals surface area contributed by atoms with Crippen molar-refractivity contribution in [3.05, 3.63) is 34.9 Å². The maximum absolute atomic E-state index is 11.1. The maximum atomic E-state index is 11.1. The highest BCUT2D eigenvalue weighted by Crippen LogP contribution is 2.11. The zero-order valence-electron chi connectivity index (χ0n) is 9.87. The van der Waals surface area contributed by atoms with Crippen LogP contribution in [-0.2, 0) is 4.74 Å². The molecule has 0 saturated heterocycles. The molecule has 1 aromatic carbocycles. The molecule has 0 aromatic heterocycles. The van der Waals surface area contributed by atoms with Gasteiger partial charge in [0.25, 0.3) is 0 Å². The van der Waals surface area contributed by atoms with Gasteiger partial charge in [0.05, 0.1) is 12.3 Å². The summed E-state index contributed by atoms with van der Waals surface area (Å²) in [5.74, 6) is 0. The fourth-order valence-corrected chi connectivity index (χ4v) is 1.39. The molecule has 0 unspecified atom stereocenters. The molecule has 92 valence electrons. The van der Waals surface area contributed by atoms with Crippen LogP contribution in [0.4, 0.5) is 4.79 Å². The summed E-state index contributed by atoms with van der Waals surface area (Å²) in [5.41, 5.74) is 4.04. The topological polar surface area (TPSA) is 50.7 Å². The van der Waals surface area contributed by atoms with Gasteiger partial charge in [0.1, 0.15) is 0 Å². The Labute approximate surface area is 106 Å². The zero-order chi connectivity index (χ0) is 12.7. The summed E-state index contributed by atoms with van der Waals surface area (Å²) in [6.45, 7) is 4.02. The second-order valence-electron chi connectivity index (χ2n) is 3.25. The molecule has 0 aliphatic rings. The zero-order valence-corrected chi connectivity index (χ0v) is 10.6. The summed E-state index contributed by atoms with van der Waals surface area (Å²) < 4.78 is 4.71. The summed E-state index contributed by atoms with van der Waals surface area (Å²) in [4.78, 5) is 11.1. The minimum absolute atomic E-state index is 0.323. The van der Waals surface area contributed by atoms with Crippen molar-refractivity contribution >= 4 is 23.4 Å². The molecular formula is C12H15ClN2O2. The lowest BCUT2D eigenvalue weighted by Crippen LogP contribution is -2.20. The van der Waals surface area contributed by atoms with Crippen molar-refractivity contribution in [1.82, 2.24) is 5.43 Å². The average Bonchev–Trinajstić information content (AvgIpc) is 2.32. The third kappa shape index (κ3) is 4.44. The van der Waals surface area contributed by atoms with Gasteiger partial charge in [-0.1, -0.05) is 30.7 Å². The average molecular weight is 255 g/mol. The third-order valence-corrected chi connectivity index (χ3v) is 2.32. The van der Waals surface area contributed by atoms with Crippen LogP contribution < -0.4 is 5.43 Å². The number of carbonyl (C=O) groups is 1. The molecular weight excluding hydrogens is 240 g/mol. The number of carbonyl (C=O) groups excluding carboxylic acids is 1. The molecule has 4 nitrogen and oxygen atoms in total. The molecule has 0 radical (unpaired) electrons. The van der Waals surface area contributed by atoms with Crippen LogP contribution in [0.2, 0.25) is 5.02 Å². The van der Waals surface area contributed by atoms with E-state index in [0.717, 1.165) is 11.3 Å². The number of ether oxygens (including phenoxy) is 1. The van der Waals surface area contributed by atoms with Gasteiger partial charge >= 0.3 is 6.09 Å². The van der Waals surface area contributed by atoms with Crippen LogP contribution in [0.1, 0.15) is 25.8 Å². The number of hydrazone groups is 1. The van der Waals surface area contributed by atoms with Crippen molar-refractivity contribution in [2.24, 2.45) is 5.10 Å². The third-order valence-electron chi connectivity index (χ3n) is 2.07. The first-order chi connectivity index (χ1) is 8.17. The quantitative estimate of drug-likeness (QED) is 0.663. The van der Waals surface area contributed by atoms with Crippen LogP contribution in [0.5, 0.6) is 0 Å². The number of nitrogens with zero attached hydrogens (tertiary/aromatic N) is 1. The first-order valence-electron chi connectivity index (χ1n) is 5.42. The first kappa shape index (κ1) is 13.5. The lowest BCUT2D eigenvalue weighted by Gasteiger charge is -2.05. The van der Waals surface area contributed by atoms with Gasteiger partial charge in [-0.3, -0.25) is 0 Å². The Balaban J connectivity index is 2.73. The minimum atomic E-state index is -0.549. The highest BCUT2D eigenvalue weighted by Gasteiger charge is 2.03. The van der Waals surface area contributed by atoms with Gasteiger partial charge in [0, 0.05) is 5.02 Å². The van der Waals surface area contributed by atoms with Gasteiger partial charge in [0.15, 0.2) is 0 Å². The van der Waals surface area contributed by atoms with E-state index in [-0.39, 0.29) is 0 Å². The first-order valence-corrected chi connectivity index (χ1v) is 5.80. The van der Waals surface area contributed by atoms with Crippen molar-refractivity contribution < 1.29 is 9.53 Å². The Morgan fingerprint density at radius 3 is 2.53 bits per heavy atom. The standard InChI is InChI=1S/C12H15ClN2O2/c1-3-11(14-15-12(16)17-4-2)9-5-7-10(13)8-6-9/h5-8H,3-4H2,1-2H3,(H,15,16). The molecule has 1 rings (SSSR count). The van der Waals surface area contributed by atoms with Gasteiger partial charge in [-0.15, -0.1) is 0 Å². The molecule has 0 saturated carbocycles. The normalized spacial score (nSPS) is 11.1. The van der Waals surface area contributed by atoms with E-state index >= 15 is 0 Å². The predicted molar refractivity (Wildman–Crippen MR) is 68.4 cm³/mol. The molecule has 0 spiro atoms. The molecule has 1 aromatic rings. The number of halogens is 1. The Morgan fingerprint density at radius 1 is 1.35 bits per heavy atom. The molecule has 1 N–H and O–H groups in total. The molecule has 0 aliphatic heterocycles. The SMILES string of the molecule is CCOC(=O)NN=C(CC)c1ccc(Cl)cc1. The van der Waals surface area contributed by atoms with Crippen molar-refractivity contribution in [3.63, 3.8) is 0 Å². The van der Waals surface area contributed by atoms with Crippen LogP contribution in [0, 0.1) is 0 Å². The van der Waals surface area contributed by atoms with E-state index in [2.05, 4.69) is 10.5 Å². The fourth-order valence-electron chi connectivity index (χ4n) is 1.27. The largest absolute Gasteiger partial charge is 0.449 e. The van der Waals surface area contributed by atoms with Crippen molar-refractivity contribution in [1.29, 1.82) is 0 Å². The summed E-state index contributed by atoms with van der Waals surface area (Å²) >= 11 is 5.80. The van der Waals surface area contributed by atoms with Crippen LogP contribution >= 0.6 is 11.6 Å². The van der Waals surface area contributed by atoms with Crippen LogP contribution in [0.15, 0.2) is 29.4 Å². The van der Waals surface area contributed by atoms with Crippen molar-refractivity contribution in [3.8, 4) is 0 Å². The summed E-state index contributed by atoms with van der Waals surface area (Å²) in [6.07, 6.45) is 0.154. The number of rotatable bonds is 4. The van der Waals surface area contributed by atoms with E-state index in [9.17, 15) is 4.79 Å². The minimum Gasteiger partial charge on any atom is -0.449 e. The number of hydrogen-bond donors (Lipinski definition) is 1. The summed E-state index contributed by atoms with van der Waals surface area (Å²) in [7, 11) is 0. The van der Waals surface area contributed by atoms with Crippen LogP contribution in [-0.4, -0.2) is 18.4 Å². The van der Waals surface area contributed by atoms with E-state index in [1.165, 1.54) is 0 Å². The van der Waals surface area contributed by atoms with E-state index in [1.54, 1.807) is 19.1 Å². The van der Waals surface area contributed by atoms with E-state index in [4.69, 9.17) is 16.3 Å². The second-order valence-corrected chi connectivity index (χ2v) is 3.69. The Kier molecular flexibility index (Phi) is 5.49. The smallest absolute Gasteiger partial charge is 0.427 e. The van der Waals surface area contributed by atoms with Crippen LogP contribution in [0.3, 0.4) is 0 Å². The monoisotopic (exact) mass is 254 g/mol. The lowest BCUT2D eigenvalue weighted by molar-refractivity contribution is 0.152. The highest BCUT2D eigenvalue weighted by molar-refractivity contribution is 6.30. The maximum Gasteiger partial charge on any atom is 0.427 e. The molecule has 0 bridgehead atoms. The van der Waals surface area contributed by atoms with E-state index in [1.807, 2.05) is 19.1 Å². The van der Waals surface area contributed by atoms with Gasteiger partial charge in [0.2, 0.25) is 0 Å². The van der Waals surface area contributed by atoms with Gasteiger partial charge < -0.3 is 4.74 Å². The Morgan fingerprint density at radius 2 is 2.00 bits per heavy atom. The summed E-state index contributed by atoms with van der Waals surface area (Å²) in [6, 6.07) is 7.29. The molecule has 1 amide bonds. The van der Waals surface area contributed by atoms with E-state index in [0.29, 0.717) is 18.1 Å².